The van der Waals surface area contributed by atoms with Crippen LogP contribution in [0.4, 0.5) is 0 Å². The first-order valence-corrected chi connectivity index (χ1v) is 5.90. The summed E-state index contributed by atoms with van der Waals surface area (Å²) in [5.74, 6) is 0.826. The molecule has 1 unspecified atom stereocenters. The van der Waals surface area contributed by atoms with Gasteiger partial charge >= 0.3 is 0 Å². The molecule has 0 bridgehead atoms. The molecule has 1 rings (SSSR count). The molecule has 1 N–H and O–H groups in total. The molecule has 1 atom stereocenters. The topological polar surface area (TPSA) is 21.3 Å². The minimum atomic E-state index is 0.518. The number of ether oxygens (including phenoxy) is 1. The van der Waals surface area contributed by atoms with E-state index in [4.69, 9.17) is 4.74 Å². The SMILES string of the molecule is COC1CC(NC(C)CCC(C)C)C1. The van der Waals surface area contributed by atoms with Crippen LogP contribution in [0, 0.1) is 5.92 Å². The highest BCUT2D eigenvalue weighted by Gasteiger charge is 2.29. The first-order valence-electron chi connectivity index (χ1n) is 5.90. The lowest BCUT2D eigenvalue weighted by molar-refractivity contribution is 0.0144. The quantitative estimate of drug-likeness (QED) is 0.710. The fourth-order valence-electron chi connectivity index (χ4n) is 1.96. The molecule has 0 amide bonds. The van der Waals surface area contributed by atoms with Crippen molar-refractivity contribution in [2.24, 2.45) is 5.92 Å². The van der Waals surface area contributed by atoms with Gasteiger partial charge in [-0.3, -0.25) is 0 Å². The summed E-state index contributed by atoms with van der Waals surface area (Å²) in [5.41, 5.74) is 0. The third-order valence-corrected chi connectivity index (χ3v) is 3.13. The fraction of sp³-hybridized carbons (Fsp3) is 1.00. The van der Waals surface area contributed by atoms with E-state index in [9.17, 15) is 0 Å². The third-order valence-electron chi connectivity index (χ3n) is 3.13. The van der Waals surface area contributed by atoms with E-state index in [1.165, 1.54) is 25.7 Å². The summed E-state index contributed by atoms with van der Waals surface area (Å²) >= 11 is 0. The molecule has 0 heterocycles. The highest BCUT2D eigenvalue weighted by Crippen LogP contribution is 2.23. The molecule has 0 radical (unpaired) electrons. The number of hydrogen-bond donors (Lipinski definition) is 1. The Hall–Kier alpha value is -0.0800. The molecule has 84 valence electrons. The fourth-order valence-corrected chi connectivity index (χ4v) is 1.96. The summed E-state index contributed by atoms with van der Waals surface area (Å²) in [6.45, 7) is 6.87. The first kappa shape index (κ1) is 12.0. The molecule has 1 saturated carbocycles. The molecule has 0 spiro atoms. The van der Waals surface area contributed by atoms with Crippen molar-refractivity contribution < 1.29 is 4.74 Å². The minimum Gasteiger partial charge on any atom is -0.381 e. The van der Waals surface area contributed by atoms with Crippen molar-refractivity contribution in [3.63, 3.8) is 0 Å². The summed E-state index contributed by atoms with van der Waals surface area (Å²) in [4.78, 5) is 0. The van der Waals surface area contributed by atoms with Gasteiger partial charge in [0, 0.05) is 19.2 Å². The van der Waals surface area contributed by atoms with Gasteiger partial charge < -0.3 is 10.1 Å². The van der Waals surface area contributed by atoms with Crippen molar-refractivity contribution in [2.75, 3.05) is 7.11 Å². The van der Waals surface area contributed by atoms with E-state index < -0.39 is 0 Å². The van der Waals surface area contributed by atoms with Gasteiger partial charge in [-0.2, -0.15) is 0 Å². The van der Waals surface area contributed by atoms with Crippen LogP contribution < -0.4 is 5.32 Å². The molecular weight excluding hydrogens is 174 g/mol. The smallest absolute Gasteiger partial charge is 0.0601 e. The van der Waals surface area contributed by atoms with Crippen LogP contribution >= 0.6 is 0 Å². The van der Waals surface area contributed by atoms with Crippen LogP contribution in [0.5, 0.6) is 0 Å². The van der Waals surface area contributed by atoms with Crippen LogP contribution in [0.3, 0.4) is 0 Å². The average molecular weight is 199 g/mol. The molecule has 2 heteroatoms. The molecule has 0 aromatic carbocycles. The van der Waals surface area contributed by atoms with Crippen molar-refractivity contribution in [1.82, 2.24) is 5.32 Å². The molecule has 1 aliphatic rings. The van der Waals surface area contributed by atoms with E-state index in [2.05, 4.69) is 26.1 Å². The van der Waals surface area contributed by atoms with Crippen molar-refractivity contribution in [3.05, 3.63) is 0 Å². The Morgan fingerprint density at radius 1 is 1.21 bits per heavy atom. The van der Waals surface area contributed by atoms with E-state index in [0.717, 1.165) is 5.92 Å². The second kappa shape index (κ2) is 5.72. The zero-order valence-electron chi connectivity index (χ0n) is 10.0. The second-order valence-corrected chi connectivity index (χ2v) is 5.06. The van der Waals surface area contributed by atoms with Gasteiger partial charge in [0.05, 0.1) is 6.10 Å². The maximum Gasteiger partial charge on any atom is 0.0601 e. The average Bonchev–Trinajstić information content (AvgIpc) is 2.07. The number of nitrogens with one attached hydrogen (secondary N) is 1. The van der Waals surface area contributed by atoms with E-state index in [0.29, 0.717) is 18.2 Å². The summed E-state index contributed by atoms with van der Waals surface area (Å²) in [6, 6.07) is 1.38. The Balaban J connectivity index is 2.01. The molecule has 0 aromatic rings. The summed E-state index contributed by atoms with van der Waals surface area (Å²) in [6.07, 6.45) is 5.54. The standard InChI is InChI=1S/C12H25NO/c1-9(2)5-6-10(3)13-11-7-12(8-11)14-4/h9-13H,5-8H2,1-4H3. The Morgan fingerprint density at radius 2 is 1.86 bits per heavy atom. The number of methoxy groups -OCH3 is 1. The van der Waals surface area contributed by atoms with Gasteiger partial charge in [0.2, 0.25) is 0 Å². The van der Waals surface area contributed by atoms with Crippen LogP contribution in [0.1, 0.15) is 46.5 Å². The van der Waals surface area contributed by atoms with E-state index in [-0.39, 0.29) is 0 Å². The van der Waals surface area contributed by atoms with E-state index in [1.807, 2.05) is 7.11 Å². The lowest BCUT2D eigenvalue weighted by Gasteiger charge is -2.36. The van der Waals surface area contributed by atoms with Gasteiger partial charge in [-0.05, 0) is 38.5 Å². The number of hydrogen-bond acceptors (Lipinski definition) is 2. The zero-order valence-corrected chi connectivity index (χ0v) is 10.0. The van der Waals surface area contributed by atoms with Gasteiger partial charge in [-0.1, -0.05) is 13.8 Å². The minimum absolute atomic E-state index is 0.518. The zero-order chi connectivity index (χ0) is 10.6. The normalized spacial score (nSPS) is 28.9. The maximum atomic E-state index is 5.26. The highest BCUT2D eigenvalue weighted by atomic mass is 16.5. The predicted molar refractivity (Wildman–Crippen MR) is 60.5 cm³/mol. The Morgan fingerprint density at radius 3 is 2.36 bits per heavy atom. The molecule has 2 nitrogen and oxygen atoms in total. The van der Waals surface area contributed by atoms with Crippen molar-refractivity contribution >= 4 is 0 Å². The molecule has 14 heavy (non-hydrogen) atoms. The first-order chi connectivity index (χ1) is 6.61. The Kier molecular flexibility index (Phi) is 4.90. The van der Waals surface area contributed by atoms with Gasteiger partial charge in [0.15, 0.2) is 0 Å². The lowest BCUT2D eigenvalue weighted by atomic mass is 9.88. The largest absolute Gasteiger partial charge is 0.381 e. The molecule has 1 aliphatic carbocycles. The predicted octanol–water partition coefficient (Wildman–Crippen LogP) is 2.58. The Bertz CT molecular complexity index is 152. The maximum absolute atomic E-state index is 5.26. The van der Waals surface area contributed by atoms with Gasteiger partial charge in [-0.25, -0.2) is 0 Å². The molecule has 1 fully saturated rings. The van der Waals surface area contributed by atoms with Gasteiger partial charge in [0.1, 0.15) is 0 Å². The summed E-state index contributed by atoms with van der Waals surface area (Å²) in [5, 5.41) is 3.66. The second-order valence-electron chi connectivity index (χ2n) is 5.06. The monoisotopic (exact) mass is 199 g/mol. The van der Waals surface area contributed by atoms with Crippen LogP contribution in [0.25, 0.3) is 0 Å². The molecule has 0 aromatic heterocycles. The summed E-state index contributed by atoms with van der Waals surface area (Å²) < 4.78 is 5.26. The highest BCUT2D eigenvalue weighted by molar-refractivity contribution is 4.87. The molecule has 0 saturated heterocycles. The Labute approximate surface area is 88.4 Å². The molecule has 0 aliphatic heterocycles. The van der Waals surface area contributed by atoms with Crippen LogP contribution in [-0.4, -0.2) is 25.3 Å². The van der Waals surface area contributed by atoms with Crippen LogP contribution in [0.2, 0.25) is 0 Å². The van der Waals surface area contributed by atoms with Gasteiger partial charge in [-0.15, -0.1) is 0 Å². The molecular formula is C12H25NO. The number of rotatable bonds is 6. The van der Waals surface area contributed by atoms with Crippen molar-refractivity contribution in [2.45, 2.75) is 64.6 Å². The van der Waals surface area contributed by atoms with Gasteiger partial charge in [0.25, 0.3) is 0 Å². The lowest BCUT2D eigenvalue weighted by Crippen LogP contribution is -2.48. The van der Waals surface area contributed by atoms with E-state index in [1.54, 1.807) is 0 Å². The van der Waals surface area contributed by atoms with E-state index >= 15 is 0 Å². The van der Waals surface area contributed by atoms with Crippen molar-refractivity contribution in [3.8, 4) is 0 Å². The van der Waals surface area contributed by atoms with Crippen LogP contribution in [-0.2, 0) is 4.74 Å². The summed E-state index contributed by atoms with van der Waals surface area (Å²) in [7, 11) is 1.81. The third kappa shape index (κ3) is 3.97. The van der Waals surface area contributed by atoms with Crippen molar-refractivity contribution in [1.29, 1.82) is 0 Å². The van der Waals surface area contributed by atoms with Crippen LogP contribution in [0.15, 0.2) is 0 Å².